The van der Waals surface area contributed by atoms with Crippen LogP contribution in [0.4, 0.5) is 0 Å². The van der Waals surface area contributed by atoms with E-state index in [1.54, 1.807) is 0 Å². The molecule has 1 aromatic carbocycles. The van der Waals surface area contributed by atoms with E-state index in [-0.39, 0.29) is 18.3 Å². The molecule has 0 unspecified atom stereocenters. The van der Waals surface area contributed by atoms with Crippen molar-refractivity contribution >= 4 is 18.3 Å². The summed E-state index contributed by atoms with van der Waals surface area (Å²) >= 11 is 0. The summed E-state index contributed by atoms with van der Waals surface area (Å²) in [6, 6.07) is 5.86. The Labute approximate surface area is 118 Å². The monoisotopic (exact) mass is 286 g/mol. The summed E-state index contributed by atoms with van der Waals surface area (Å²) in [5, 5.41) is 2.82. The van der Waals surface area contributed by atoms with Gasteiger partial charge in [-0.1, -0.05) is 6.07 Å². The molecule has 0 bridgehead atoms. The van der Waals surface area contributed by atoms with Crippen LogP contribution in [-0.2, 0) is 11.2 Å². The van der Waals surface area contributed by atoms with E-state index in [0.717, 1.165) is 23.5 Å². The summed E-state index contributed by atoms with van der Waals surface area (Å²) < 4.78 is 10.9. The SMILES string of the molecule is Cl.NCCC(=O)NCCc1ccc2c(c1)OCCO2. The molecule has 0 fully saturated rings. The Hall–Kier alpha value is -1.46. The van der Waals surface area contributed by atoms with Gasteiger partial charge in [0.05, 0.1) is 0 Å². The molecule has 0 aliphatic carbocycles. The van der Waals surface area contributed by atoms with Gasteiger partial charge in [0.15, 0.2) is 11.5 Å². The van der Waals surface area contributed by atoms with Gasteiger partial charge >= 0.3 is 0 Å². The van der Waals surface area contributed by atoms with Crippen LogP contribution in [0.15, 0.2) is 18.2 Å². The lowest BCUT2D eigenvalue weighted by molar-refractivity contribution is -0.120. The summed E-state index contributed by atoms with van der Waals surface area (Å²) in [4.78, 5) is 11.2. The molecule has 106 valence electrons. The largest absolute Gasteiger partial charge is 0.486 e. The Morgan fingerprint density at radius 3 is 2.74 bits per heavy atom. The molecule has 0 saturated carbocycles. The van der Waals surface area contributed by atoms with Gasteiger partial charge in [0.1, 0.15) is 13.2 Å². The Kier molecular flexibility index (Phi) is 6.45. The zero-order valence-electron chi connectivity index (χ0n) is 10.7. The van der Waals surface area contributed by atoms with Crippen LogP contribution < -0.4 is 20.5 Å². The summed E-state index contributed by atoms with van der Waals surface area (Å²) in [5.74, 6) is 1.57. The van der Waals surface area contributed by atoms with E-state index >= 15 is 0 Å². The summed E-state index contributed by atoms with van der Waals surface area (Å²) in [6.45, 7) is 2.18. The first-order valence-corrected chi connectivity index (χ1v) is 6.15. The number of benzene rings is 1. The minimum absolute atomic E-state index is 0. The van der Waals surface area contributed by atoms with E-state index in [2.05, 4.69) is 5.32 Å². The molecule has 6 heteroatoms. The summed E-state index contributed by atoms with van der Waals surface area (Å²) in [5.41, 5.74) is 6.42. The van der Waals surface area contributed by atoms with Gasteiger partial charge in [-0.3, -0.25) is 4.79 Å². The summed E-state index contributed by atoms with van der Waals surface area (Å²) in [6.07, 6.45) is 1.15. The Morgan fingerprint density at radius 1 is 1.26 bits per heavy atom. The minimum Gasteiger partial charge on any atom is -0.486 e. The molecule has 1 heterocycles. The molecule has 19 heavy (non-hydrogen) atoms. The minimum atomic E-state index is -0.00459. The van der Waals surface area contributed by atoms with Gasteiger partial charge in [-0.05, 0) is 24.1 Å². The number of nitrogens with one attached hydrogen (secondary N) is 1. The second-order valence-corrected chi connectivity index (χ2v) is 4.12. The molecule has 0 saturated heterocycles. The van der Waals surface area contributed by atoms with Crippen LogP contribution in [0.5, 0.6) is 11.5 Å². The molecule has 3 N–H and O–H groups in total. The molecule has 1 aliphatic heterocycles. The van der Waals surface area contributed by atoms with Crippen molar-refractivity contribution in [3.8, 4) is 11.5 Å². The van der Waals surface area contributed by atoms with E-state index in [0.29, 0.717) is 32.7 Å². The van der Waals surface area contributed by atoms with Gasteiger partial charge in [-0.15, -0.1) is 12.4 Å². The van der Waals surface area contributed by atoms with Gasteiger partial charge in [-0.2, -0.15) is 0 Å². The fraction of sp³-hybridized carbons (Fsp3) is 0.462. The van der Waals surface area contributed by atoms with E-state index in [9.17, 15) is 4.79 Å². The molecule has 5 nitrogen and oxygen atoms in total. The van der Waals surface area contributed by atoms with Gasteiger partial charge < -0.3 is 20.5 Å². The zero-order chi connectivity index (χ0) is 12.8. The van der Waals surface area contributed by atoms with Crippen molar-refractivity contribution in [3.05, 3.63) is 23.8 Å². The maximum Gasteiger partial charge on any atom is 0.221 e. The maximum absolute atomic E-state index is 11.2. The van der Waals surface area contributed by atoms with Crippen LogP contribution >= 0.6 is 12.4 Å². The highest BCUT2D eigenvalue weighted by Crippen LogP contribution is 2.30. The van der Waals surface area contributed by atoms with Crippen LogP contribution in [0, 0.1) is 0 Å². The number of nitrogens with two attached hydrogens (primary N) is 1. The van der Waals surface area contributed by atoms with Crippen molar-refractivity contribution in [2.75, 3.05) is 26.3 Å². The summed E-state index contributed by atoms with van der Waals surface area (Å²) in [7, 11) is 0. The highest BCUT2D eigenvalue weighted by atomic mass is 35.5. The number of amides is 1. The van der Waals surface area contributed by atoms with E-state index in [1.165, 1.54) is 0 Å². The van der Waals surface area contributed by atoms with Crippen LogP contribution in [0.2, 0.25) is 0 Å². The van der Waals surface area contributed by atoms with Crippen molar-refractivity contribution in [1.82, 2.24) is 5.32 Å². The van der Waals surface area contributed by atoms with Crippen LogP contribution in [-0.4, -0.2) is 32.2 Å². The maximum atomic E-state index is 11.2. The van der Waals surface area contributed by atoms with Crippen LogP contribution in [0.1, 0.15) is 12.0 Å². The topological polar surface area (TPSA) is 73.6 Å². The number of hydrogen-bond acceptors (Lipinski definition) is 4. The highest BCUT2D eigenvalue weighted by molar-refractivity contribution is 5.85. The normalized spacial score (nSPS) is 12.5. The van der Waals surface area contributed by atoms with Gasteiger partial charge in [-0.25, -0.2) is 0 Å². The van der Waals surface area contributed by atoms with Gasteiger partial charge in [0.25, 0.3) is 0 Å². The average molecular weight is 287 g/mol. The van der Waals surface area contributed by atoms with Crippen LogP contribution in [0.25, 0.3) is 0 Å². The molecule has 1 amide bonds. The highest BCUT2D eigenvalue weighted by Gasteiger charge is 2.11. The van der Waals surface area contributed by atoms with Crippen molar-refractivity contribution in [2.45, 2.75) is 12.8 Å². The lowest BCUT2D eigenvalue weighted by atomic mass is 10.1. The Balaban J connectivity index is 0.00000180. The Morgan fingerprint density at radius 2 is 2.00 bits per heavy atom. The third kappa shape index (κ3) is 4.61. The fourth-order valence-electron chi connectivity index (χ4n) is 1.81. The van der Waals surface area contributed by atoms with E-state index in [4.69, 9.17) is 15.2 Å². The molecule has 0 atom stereocenters. The van der Waals surface area contributed by atoms with Gasteiger partial charge in [0.2, 0.25) is 5.91 Å². The molecule has 1 aromatic rings. The molecule has 0 radical (unpaired) electrons. The first-order chi connectivity index (χ1) is 8.79. The number of fused-ring (bicyclic) bond motifs is 1. The van der Waals surface area contributed by atoms with Crippen molar-refractivity contribution < 1.29 is 14.3 Å². The number of ether oxygens (including phenoxy) is 2. The molecule has 2 rings (SSSR count). The number of rotatable bonds is 5. The third-order valence-electron chi connectivity index (χ3n) is 2.71. The quantitative estimate of drug-likeness (QED) is 0.843. The number of halogens is 1. The van der Waals surface area contributed by atoms with Crippen molar-refractivity contribution in [3.63, 3.8) is 0 Å². The molecule has 1 aliphatic rings. The number of carbonyl (C=O) groups excluding carboxylic acids is 1. The van der Waals surface area contributed by atoms with E-state index < -0.39 is 0 Å². The Bertz CT molecular complexity index is 426. The average Bonchev–Trinajstić information content (AvgIpc) is 2.39. The molecular weight excluding hydrogens is 268 g/mol. The first-order valence-electron chi connectivity index (χ1n) is 6.15. The predicted molar refractivity (Wildman–Crippen MR) is 75.1 cm³/mol. The second-order valence-electron chi connectivity index (χ2n) is 4.12. The lowest BCUT2D eigenvalue weighted by Crippen LogP contribution is -2.27. The van der Waals surface area contributed by atoms with Gasteiger partial charge in [0, 0.05) is 19.5 Å². The third-order valence-corrected chi connectivity index (χ3v) is 2.71. The predicted octanol–water partition coefficient (Wildman–Crippen LogP) is 0.887. The first kappa shape index (κ1) is 15.6. The van der Waals surface area contributed by atoms with Crippen molar-refractivity contribution in [1.29, 1.82) is 0 Å². The smallest absolute Gasteiger partial charge is 0.221 e. The fourth-order valence-corrected chi connectivity index (χ4v) is 1.81. The zero-order valence-corrected chi connectivity index (χ0v) is 11.5. The van der Waals surface area contributed by atoms with E-state index in [1.807, 2.05) is 18.2 Å². The van der Waals surface area contributed by atoms with Crippen LogP contribution in [0.3, 0.4) is 0 Å². The number of carbonyl (C=O) groups is 1. The standard InChI is InChI=1S/C13H18N2O3.ClH/c14-5-3-13(16)15-6-4-10-1-2-11-12(9-10)18-8-7-17-11;/h1-2,9H,3-8,14H2,(H,15,16);1H. The molecule has 0 aromatic heterocycles. The number of hydrogen-bond donors (Lipinski definition) is 2. The molecule has 0 spiro atoms. The molecular formula is C13H19ClN2O3. The lowest BCUT2D eigenvalue weighted by Gasteiger charge is -2.18. The van der Waals surface area contributed by atoms with Crippen molar-refractivity contribution in [2.24, 2.45) is 5.73 Å². The second kappa shape index (κ2) is 7.86.